The van der Waals surface area contributed by atoms with Gasteiger partial charge in [-0.2, -0.15) is 4.39 Å². The molecular formula is C8H8BFN4O2. The van der Waals surface area contributed by atoms with E-state index in [2.05, 4.69) is 15.3 Å². The van der Waals surface area contributed by atoms with Crippen LogP contribution in [0.2, 0.25) is 0 Å². The van der Waals surface area contributed by atoms with Crippen LogP contribution in [-0.4, -0.2) is 37.1 Å². The second kappa shape index (κ2) is 3.99. The van der Waals surface area contributed by atoms with Gasteiger partial charge in [0, 0.05) is 24.3 Å². The maximum atomic E-state index is 13.1. The van der Waals surface area contributed by atoms with Crippen molar-refractivity contribution >= 4 is 12.6 Å². The van der Waals surface area contributed by atoms with Gasteiger partial charge >= 0.3 is 7.12 Å². The van der Waals surface area contributed by atoms with E-state index in [1.807, 2.05) is 0 Å². The Kier molecular flexibility index (Phi) is 2.67. The largest absolute Gasteiger partial charge is 0.493 e. The van der Waals surface area contributed by atoms with E-state index in [4.69, 9.17) is 10.0 Å². The summed E-state index contributed by atoms with van der Waals surface area (Å²) >= 11 is 0. The Hall–Kier alpha value is -1.80. The van der Waals surface area contributed by atoms with E-state index >= 15 is 0 Å². The van der Waals surface area contributed by atoms with Gasteiger partial charge in [0.2, 0.25) is 5.95 Å². The van der Waals surface area contributed by atoms with Gasteiger partial charge in [-0.25, -0.2) is 9.67 Å². The second-order valence-electron chi connectivity index (χ2n) is 3.22. The lowest BCUT2D eigenvalue weighted by molar-refractivity contribution is 0.422. The first-order valence-corrected chi connectivity index (χ1v) is 4.46. The van der Waals surface area contributed by atoms with Crippen molar-refractivity contribution in [2.75, 3.05) is 0 Å². The van der Waals surface area contributed by atoms with Crippen LogP contribution in [0.15, 0.2) is 18.5 Å². The molecule has 0 aliphatic carbocycles. The Morgan fingerprint density at radius 1 is 1.38 bits per heavy atom. The number of hydrogen-bond donors (Lipinski definition) is 2. The molecule has 0 spiro atoms. The van der Waals surface area contributed by atoms with Crippen LogP contribution in [0.25, 0.3) is 11.3 Å². The predicted molar refractivity (Wildman–Crippen MR) is 54.0 cm³/mol. The number of aromatic nitrogens is 4. The third kappa shape index (κ3) is 1.80. The number of aryl methyl sites for hydroxylation is 1. The molecular weight excluding hydrogens is 214 g/mol. The highest BCUT2D eigenvalue weighted by Gasteiger charge is 2.19. The van der Waals surface area contributed by atoms with Gasteiger partial charge in [-0.3, -0.25) is 0 Å². The Morgan fingerprint density at radius 3 is 2.69 bits per heavy atom. The minimum Gasteiger partial charge on any atom is -0.423 e. The fourth-order valence-electron chi connectivity index (χ4n) is 1.34. The maximum absolute atomic E-state index is 13.1. The summed E-state index contributed by atoms with van der Waals surface area (Å²) in [6.07, 6.45) is 2.75. The van der Waals surface area contributed by atoms with Crippen LogP contribution in [0, 0.1) is 5.95 Å². The first-order chi connectivity index (χ1) is 7.59. The van der Waals surface area contributed by atoms with Crippen molar-refractivity contribution in [3.63, 3.8) is 0 Å². The summed E-state index contributed by atoms with van der Waals surface area (Å²) in [6.45, 7) is 0. The summed E-state index contributed by atoms with van der Waals surface area (Å²) < 4.78 is 14.6. The van der Waals surface area contributed by atoms with Gasteiger partial charge < -0.3 is 10.0 Å². The quantitative estimate of drug-likeness (QED) is 0.487. The molecule has 2 N–H and O–H groups in total. The topological polar surface area (TPSA) is 84.1 Å². The molecule has 0 unspecified atom stereocenters. The van der Waals surface area contributed by atoms with E-state index in [0.29, 0.717) is 11.3 Å². The average molecular weight is 222 g/mol. The molecule has 0 aromatic carbocycles. The molecule has 6 nitrogen and oxygen atoms in total. The molecule has 2 aromatic rings. The SMILES string of the molecule is Cn1nncc1-c1cnc(F)c(B(O)O)c1. The molecule has 2 rings (SSSR count). The standard InChI is InChI=1S/C8H8BFN4O2/c1-14-7(4-12-13-14)5-2-6(9(15)16)8(10)11-3-5/h2-4,15-16H,1H3. The fourth-order valence-corrected chi connectivity index (χ4v) is 1.34. The zero-order chi connectivity index (χ0) is 11.7. The molecule has 0 amide bonds. The van der Waals surface area contributed by atoms with E-state index in [0.717, 1.165) is 0 Å². The maximum Gasteiger partial charge on any atom is 0.493 e. The van der Waals surface area contributed by atoms with Gasteiger partial charge in [0.05, 0.1) is 11.9 Å². The van der Waals surface area contributed by atoms with Gasteiger partial charge in [-0.1, -0.05) is 5.21 Å². The van der Waals surface area contributed by atoms with Crippen molar-refractivity contribution in [2.24, 2.45) is 7.05 Å². The first-order valence-electron chi connectivity index (χ1n) is 4.46. The van der Waals surface area contributed by atoms with E-state index in [-0.39, 0.29) is 5.46 Å². The molecule has 0 bridgehead atoms. The zero-order valence-electron chi connectivity index (χ0n) is 8.37. The van der Waals surface area contributed by atoms with Crippen molar-refractivity contribution in [3.8, 4) is 11.3 Å². The van der Waals surface area contributed by atoms with Crippen LogP contribution in [0.5, 0.6) is 0 Å². The Morgan fingerprint density at radius 2 is 2.12 bits per heavy atom. The van der Waals surface area contributed by atoms with Gasteiger partial charge in [-0.05, 0) is 6.07 Å². The molecule has 0 saturated carbocycles. The summed E-state index contributed by atoms with van der Waals surface area (Å²) in [4.78, 5) is 3.44. The molecule has 2 aromatic heterocycles. The minimum absolute atomic E-state index is 0.279. The fraction of sp³-hybridized carbons (Fsp3) is 0.125. The number of nitrogens with zero attached hydrogens (tertiary/aromatic N) is 4. The van der Waals surface area contributed by atoms with Crippen molar-refractivity contribution in [3.05, 3.63) is 24.4 Å². The van der Waals surface area contributed by atoms with Crippen LogP contribution in [0.3, 0.4) is 0 Å². The lowest BCUT2D eigenvalue weighted by atomic mass is 9.80. The van der Waals surface area contributed by atoms with Crippen LogP contribution in [0.4, 0.5) is 4.39 Å². The second-order valence-corrected chi connectivity index (χ2v) is 3.22. The molecule has 0 radical (unpaired) electrons. The van der Waals surface area contributed by atoms with Crippen molar-refractivity contribution in [1.29, 1.82) is 0 Å². The Labute approximate surface area is 90.5 Å². The highest BCUT2D eigenvalue weighted by molar-refractivity contribution is 6.58. The minimum atomic E-state index is -1.89. The average Bonchev–Trinajstić information content (AvgIpc) is 2.65. The third-order valence-corrected chi connectivity index (χ3v) is 2.15. The van der Waals surface area contributed by atoms with Gasteiger partial charge in [0.25, 0.3) is 0 Å². The lowest BCUT2D eigenvalue weighted by Crippen LogP contribution is -2.33. The van der Waals surface area contributed by atoms with Crippen LogP contribution in [-0.2, 0) is 7.05 Å². The molecule has 0 fully saturated rings. The molecule has 16 heavy (non-hydrogen) atoms. The highest BCUT2D eigenvalue weighted by Crippen LogP contribution is 2.14. The van der Waals surface area contributed by atoms with E-state index in [1.54, 1.807) is 7.05 Å². The summed E-state index contributed by atoms with van der Waals surface area (Å²) in [7, 11) is -0.227. The van der Waals surface area contributed by atoms with Crippen molar-refractivity contribution in [1.82, 2.24) is 20.0 Å². The number of pyridine rings is 1. The molecule has 0 saturated heterocycles. The van der Waals surface area contributed by atoms with Gasteiger partial charge in [-0.15, -0.1) is 5.10 Å². The normalized spacial score (nSPS) is 10.5. The summed E-state index contributed by atoms with van der Waals surface area (Å²) in [5, 5.41) is 25.2. The Bertz CT molecular complexity index is 516. The first kappa shape index (κ1) is 10.7. The molecule has 0 aliphatic heterocycles. The molecule has 8 heteroatoms. The Balaban J connectivity index is 2.52. The van der Waals surface area contributed by atoms with Crippen molar-refractivity contribution < 1.29 is 14.4 Å². The summed E-state index contributed by atoms with van der Waals surface area (Å²) in [5.74, 6) is -0.908. The molecule has 2 heterocycles. The molecule has 0 aliphatic rings. The number of rotatable bonds is 2. The van der Waals surface area contributed by atoms with Gasteiger partial charge in [0.1, 0.15) is 0 Å². The number of hydrogen-bond acceptors (Lipinski definition) is 5. The van der Waals surface area contributed by atoms with E-state index < -0.39 is 13.1 Å². The lowest BCUT2D eigenvalue weighted by Gasteiger charge is -2.04. The smallest absolute Gasteiger partial charge is 0.423 e. The number of halogens is 1. The monoisotopic (exact) mass is 222 g/mol. The third-order valence-electron chi connectivity index (χ3n) is 2.15. The van der Waals surface area contributed by atoms with E-state index in [9.17, 15) is 4.39 Å². The predicted octanol–water partition coefficient (Wildman–Crippen LogP) is -1.30. The molecule has 82 valence electrons. The molecule has 0 atom stereocenters. The summed E-state index contributed by atoms with van der Waals surface area (Å²) in [5.41, 5.74) is 0.838. The zero-order valence-corrected chi connectivity index (χ0v) is 8.37. The van der Waals surface area contributed by atoms with Crippen molar-refractivity contribution in [2.45, 2.75) is 0 Å². The van der Waals surface area contributed by atoms with Gasteiger partial charge in [0.15, 0.2) is 0 Å². The van der Waals surface area contributed by atoms with Crippen LogP contribution in [0.1, 0.15) is 0 Å². The van der Waals surface area contributed by atoms with Crippen LogP contribution >= 0.6 is 0 Å². The highest BCUT2D eigenvalue weighted by atomic mass is 19.1. The summed E-state index contributed by atoms with van der Waals surface area (Å²) in [6, 6.07) is 1.30. The van der Waals surface area contributed by atoms with E-state index in [1.165, 1.54) is 23.1 Å². The van der Waals surface area contributed by atoms with Crippen LogP contribution < -0.4 is 5.46 Å².